The van der Waals surface area contributed by atoms with E-state index < -0.39 is 5.67 Å². The summed E-state index contributed by atoms with van der Waals surface area (Å²) in [5.74, 6) is 0. The van der Waals surface area contributed by atoms with E-state index in [1.807, 2.05) is 6.07 Å². The van der Waals surface area contributed by atoms with E-state index in [0.717, 1.165) is 6.42 Å². The minimum Gasteiger partial charge on any atom is -0.330 e. The molecule has 0 radical (unpaired) electrons. The molecule has 2 N–H and O–H groups in total. The average molecular weight is 221 g/mol. The van der Waals surface area contributed by atoms with Crippen molar-refractivity contribution in [1.29, 1.82) is 0 Å². The van der Waals surface area contributed by atoms with Crippen molar-refractivity contribution in [2.75, 3.05) is 6.54 Å². The minimum absolute atomic E-state index is 0.143. The van der Waals surface area contributed by atoms with Crippen LogP contribution in [0.3, 0.4) is 0 Å². The summed E-state index contributed by atoms with van der Waals surface area (Å²) in [5, 5.41) is 0. The van der Waals surface area contributed by atoms with Gasteiger partial charge >= 0.3 is 0 Å². The highest BCUT2D eigenvalue weighted by Gasteiger charge is 2.46. The lowest BCUT2D eigenvalue weighted by molar-refractivity contribution is 0.187. The fourth-order valence-corrected chi connectivity index (χ4v) is 2.90. The summed E-state index contributed by atoms with van der Waals surface area (Å²) in [6.45, 7) is 4.30. The Morgan fingerprint density at radius 1 is 1.38 bits per heavy atom. The number of alkyl halides is 1. The van der Waals surface area contributed by atoms with Crippen molar-refractivity contribution >= 4 is 0 Å². The molecule has 1 aromatic carbocycles. The van der Waals surface area contributed by atoms with Gasteiger partial charge in [0, 0.05) is 12.0 Å². The second-order valence-electron chi connectivity index (χ2n) is 5.44. The summed E-state index contributed by atoms with van der Waals surface area (Å²) < 4.78 is 14.0. The van der Waals surface area contributed by atoms with E-state index in [-0.39, 0.29) is 5.41 Å². The van der Waals surface area contributed by atoms with Crippen LogP contribution in [0.25, 0.3) is 0 Å². The van der Waals surface area contributed by atoms with Crippen molar-refractivity contribution in [3.63, 3.8) is 0 Å². The fourth-order valence-electron chi connectivity index (χ4n) is 2.90. The third-order valence-corrected chi connectivity index (χ3v) is 3.85. The lowest BCUT2D eigenvalue weighted by Gasteiger charge is -2.29. The normalized spacial score (nSPS) is 34.2. The van der Waals surface area contributed by atoms with Crippen molar-refractivity contribution in [3.05, 3.63) is 35.4 Å². The fraction of sp³-hybridized carbons (Fsp3) is 0.571. The number of rotatable bonds is 2. The highest BCUT2D eigenvalue weighted by atomic mass is 19.1. The first-order valence-electron chi connectivity index (χ1n) is 5.94. The Morgan fingerprint density at radius 2 is 2.12 bits per heavy atom. The molecule has 1 aromatic rings. The van der Waals surface area contributed by atoms with Gasteiger partial charge in [-0.25, -0.2) is 4.39 Å². The van der Waals surface area contributed by atoms with Crippen molar-refractivity contribution in [2.24, 2.45) is 5.73 Å². The van der Waals surface area contributed by atoms with Crippen molar-refractivity contribution in [3.8, 4) is 0 Å². The molecule has 0 aromatic heterocycles. The highest BCUT2D eigenvalue weighted by Crippen LogP contribution is 2.47. The zero-order valence-corrected chi connectivity index (χ0v) is 10.1. The van der Waals surface area contributed by atoms with Crippen LogP contribution in [0.15, 0.2) is 24.3 Å². The lowest BCUT2D eigenvalue weighted by atomic mass is 9.77. The molecule has 16 heavy (non-hydrogen) atoms. The van der Waals surface area contributed by atoms with Gasteiger partial charge in [-0.1, -0.05) is 29.8 Å². The van der Waals surface area contributed by atoms with E-state index in [9.17, 15) is 4.39 Å². The zero-order chi connectivity index (χ0) is 11.8. The van der Waals surface area contributed by atoms with Crippen molar-refractivity contribution in [2.45, 2.75) is 44.2 Å². The Labute approximate surface area is 96.9 Å². The zero-order valence-electron chi connectivity index (χ0n) is 10.1. The molecular weight excluding hydrogens is 201 g/mol. The number of benzene rings is 1. The Morgan fingerprint density at radius 3 is 2.62 bits per heavy atom. The van der Waals surface area contributed by atoms with Crippen LogP contribution in [-0.2, 0) is 5.41 Å². The van der Waals surface area contributed by atoms with Crippen LogP contribution in [-0.4, -0.2) is 12.2 Å². The molecule has 0 bridgehead atoms. The third kappa shape index (κ3) is 1.99. The van der Waals surface area contributed by atoms with Crippen molar-refractivity contribution in [1.82, 2.24) is 0 Å². The van der Waals surface area contributed by atoms with Crippen LogP contribution in [0, 0.1) is 6.92 Å². The molecule has 0 spiro atoms. The molecule has 2 unspecified atom stereocenters. The first kappa shape index (κ1) is 11.6. The molecule has 2 atom stereocenters. The Kier molecular flexibility index (Phi) is 2.79. The Balaban J connectivity index is 2.36. The molecule has 1 nitrogen and oxygen atoms in total. The predicted molar refractivity (Wildman–Crippen MR) is 65.3 cm³/mol. The SMILES string of the molecule is Cc1cccc(C2(CN)CCC(C)(F)C2)c1. The van der Waals surface area contributed by atoms with Crippen LogP contribution in [0.4, 0.5) is 4.39 Å². The Bertz CT molecular complexity index is 386. The van der Waals surface area contributed by atoms with Crippen LogP contribution >= 0.6 is 0 Å². The predicted octanol–water partition coefficient (Wildman–Crippen LogP) is 3.10. The van der Waals surface area contributed by atoms with Crippen molar-refractivity contribution < 1.29 is 4.39 Å². The van der Waals surface area contributed by atoms with E-state index in [4.69, 9.17) is 5.73 Å². The van der Waals surface area contributed by atoms with Crippen LogP contribution in [0.2, 0.25) is 0 Å². The molecule has 88 valence electrons. The molecule has 2 rings (SSSR count). The van der Waals surface area contributed by atoms with Gasteiger partial charge in [0.15, 0.2) is 0 Å². The second-order valence-corrected chi connectivity index (χ2v) is 5.44. The summed E-state index contributed by atoms with van der Waals surface area (Å²) in [6.07, 6.45) is 2.04. The topological polar surface area (TPSA) is 26.0 Å². The standard InChI is InChI=1S/C14H20FN/c1-11-4-3-5-12(8-11)14(10-16)7-6-13(2,15)9-14/h3-5,8H,6-7,9-10,16H2,1-2H3. The Hall–Kier alpha value is -0.890. The summed E-state index contributed by atoms with van der Waals surface area (Å²) in [5.41, 5.74) is 7.13. The summed E-state index contributed by atoms with van der Waals surface area (Å²) in [7, 11) is 0. The molecule has 0 amide bonds. The minimum atomic E-state index is -1.05. The maximum Gasteiger partial charge on any atom is 0.109 e. The molecule has 0 aliphatic heterocycles. The van der Waals surface area contributed by atoms with Gasteiger partial charge in [0.1, 0.15) is 5.67 Å². The number of halogens is 1. The molecule has 1 fully saturated rings. The van der Waals surface area contributed by atoms with E-state index in [2.05, 4.69) is 25.1 Å². The van der Waals surface area contributed by atoms with Gasteiger partial charge in [-0.2, -0.15) is 0 Å². The van der Waals surface area contributed by atoms with Crippen LogP contribution < -0.4 is 5.73 Å². The quantitative estimate of drug-likeness (QED) is 0.816. The maximum atomic E-state index is 14.0. The number of hydrogen-bond donors (Lipinski definition) is 1. The number of aryl methyl sites for hydroxylation is 1. The van der Waals surface area contributed by atoms with Gasteiger partial charge in [-0.15, -0.1) is 0 Å². The molecule has 1 saturated carbocycles. The van der Waals surface area contributed by atoms with Gasteiger partial charge in [0.2, 0.25) is 0 Å². The maximum absolute atomic E-state index is 14.0. The highest BCUT2D eigenvalue weighted by molar-refractivity contribution is 5.32. The molecule has 0 heterocycles. The molecule has 1 aliphatic carbocycles. The third-order valence-electron chi connectivity index (χ3n) is 3.85. The smallest absolute Gasteiger partial charge is 0.109 e. The van der Waals surface area contributed by atoms with Gasteiger partial charge in [0.25, 0.3) is 0 Å². The first-order valence-corrected chi connectivity index (χ1v) is 5.94. The molecule has 1 aliphatic rings. The van der Waals surface area contributed by atoms with Gasteiger partial charge in [0.05, 0.1) is 0 Å². The average Bonchev–Trinajstić information content (AvgIpc) is 2.56. The first-order chi connectivity index (χ1) is 7.47. The van der Waals surface area contributed by atoms with E-state index in [1.165, 1.54) is 11.1 Å². The lowest BCUT2D eigenvalue weighted by Crippen LogP contribution is -2.34. The summed E-state index contributed by atoms with van der Waals surface area (Å²) in [6, 6.07) is 8.34. The number of hydrogen-bond acceptors (Lipinski definition) is 1. The van der Waals surface area contributed by atoms with Gasteiger partial charge < -0.3 is 5.73 Å². The van der Waals surface area contributed by atoms with E-state index >= 15 is 0 Å². The van der Waals surface area contributed by atoms with Gasteiger partial charge in [-0.05, 0) is 38.7 Å². The summed E-state index contributed by atoms with van der Waals surface area (Å²) >= 11 is 0. The largest absolute Gasteiger partial charge is 0.330 e. The van der Waals surface area contributed by atoms with E-state index in [1.54, 1.807) is 6.92 Å². The van der Waals surface area contributed by atoms with Gasteiger partial charge in [-0.3, -0.25) is 0 Å². The molecule has 2 heteroatoms. The molecular formula is C14H20FN. The monoisotopic (exact) mass is 221 g/mol. The van der Waals surface area contributed by atoms with Crippen LogP contribution in [0.5, 0.6) is 0 Å². The summed E-state index contributed by atoms with van der Waals surface area (Å²) in [4.78, 5) is 0. The second kappa shape index (κ2) is 3.85. The number of nitrogens with two attached hydrogens (primary N) is 1. The van der Waals surface area contributed by atoms with E-state index in [0.29, 0.717) is 19.4 Å². The van der Waals surface area contributed by atoms with Crippen LogP contribution in [0.1, 0.15) is 37.3 Å². The molecule has 0 saturated heterocycles.